The number of carbonyl (C=O) groups excluding carboxylic acids is 1. The molecule has 0 aromatic heterocycles. The maximum absolute atomic E-state index is 12.5. The van der Waals surface area contributed by atoms with Gasteiger partial charge in [0.2, 0.25) is 5.91 Å². The number of hydrogen-bond donors (Lipinski definition) is 2. The molecule has 3 rings (SSSR count). The van der Waals surface area contributed by atoms with E-state index in [1.54, 1.807) is 0 Å². The number of amides is 1. The van der Waals surface area contributed by atoms with Crippen LogP contribution in [0.2, 0.25) is 0 Å². The molecule has 5 heteroatoms. The lowest BCUT2D eigenvalue weighted by Gasteiger charge is -2.35. The molecule has 1 aromatic carbocycles. The van der Waals surface area contributed by atoms with E-state index in [2.05, 4.69) is 22.3 Å². The van der Waals surface area contributed by atoms with Gasteiger partial charge in [-0.3, -0.25) is 9.69 Å². The highest BCUT2D eigenvalue weighted by Gasteiger charge is 2.32. The Balaban J connectivity index is 1.46. The van der Waals surface area contributed by atoms with Crippen LogP contribution in [-0.4, -0.2) is 50.2 Å². The fourth-order valence-electron chi connectivity index (χ4n) is 4.17. The fourth-order valence-corrected chi connectivity index (χ4v) is 4.17. The van der Waals surface area contributed by atoms with Crippen LogP contribution in [0.25, 0.3) is 0 Å². The number of nitrogens with two attached hydrogens (primary N) is 1. The number of rotatable bonds is 7. The first-order chi connectivity index (χ1) is 12.7. The van der Waals surface area contributed by atoms with Crippen LogP contribution in [0.4, 0.5) is 5.69 Å². The zero-order valence-electron chi connectivity index (χ0n) is 15.8. The molecule has 0 spiro atoms. The Labute approximate surface area is 157 Å². The third-order valence-corrected chi connectivity index (χ3v) is 5.94. The molecule has 1 aliphatic heterocycles. The van der Waals surface area contributed by atoms with E-state index in [9.17, 15) is 4.79 Å². The summed E-state index contributed by atoms with van der Waals surface area (Å²) >= 11 is 0. The van der Waals surface area contributed by atoms with Crippen LogP contribution in [0.1, 0.15) is 44.1 Å². The van der Waals surface area contributed by atoms with Gasteiger partial charge in [0.1, 0.15) is 0 Å². The Hall–Kier alpha value is -1.43. The minimum absolute atomic E-state index is 0.0143. The van der Waals surface area contributed by atoms with Crippen molar-refractivity contribution in [1.29, 1.82) is 0 Å². The second-order valence-corrected chi connectivity index (χ2v) is 7.89. The van der Waals surface area contributed by atoms with Crippen molar-refractivity contribution in [2.45, 2.75) is 44.9 Å². The summed E-state index contributed by atoms with van der Waals surface area (Å²) in [6.07, 6.45) is 7.40. The minimum Gasteiger partial charge on any atom is -0.379 e. The molecule has 1 amide bonds. The van der Waals surface area contributed by atoms with Crippen LogP contribution in [0.3, 0.4) is 0 Å². The van der Waals surface area contributed by atoms with Gasteiger partial charge in [0.05, 0.1) is 13.2 Å². The Kier molecular flexibility index (Phi) is 7.06. The van der Waals surface area contributed by atoms with Gasteiger partial charge in [-0.1, -0.05) is 31.4 Å². The molecular formula is C21H33N3O2. The van der Waals surface area contributed by atoms with E-state index < -0.39 is 0 Å². The number of nitrogens with zero attached hydrogens (tertiary/aromatic N) is 1. The number of benzene rings is 1. The lowest BCUT2D eigenvalue weighted by atomic mass is 9.71. The number of anilines is 1. The number of morpholine rings is 1. The normalized spacial score (nSPS) is 20.7. The fraction of sp³-hybridized carbons (Fsp3) is 0.667. The lowest BCUT2D eigenvalue weighted by Crippen LogP contribution is -2.37. The Morgan fingerprint density at radius 1 is 1.12 bits per heavy atom. The summed E-state index contributed by atoms with van der Waals surface area (Å²) in [5.74, 6) is 0.0958. The van der Waals surface area contributed by atoms with Gasteiger partial charge in [0.25, 0.3) is 0 Å². The first kappa shape index (κ1) is 19.3. The molecule has 1 aliphatic carbocycles. The van der Waals surface area contributed by atoms with E-state index >= 15 is 0 Å². The molecule has 2 fully saturated rings. The molecule has 1 saturated carbocycles. The molecule has 0 bridgehead atoms. The highest BCUT2D eigenvalue weighted by atomic mass is 16.5. The van der Waals surface area contributed by atoms with E-state index in [0.29, 0.717) is 13.0 Å². The predicted octanol–water partition coefficient (Wildman–Crippen LogP) is 2.80. The number of hydrogen-bond acceptors (Lipinski definition) is 4. The summed E-state index contributed by atoms with van der Waals surface area (Å²) in [4.78, 5) is 14.9. The second kappa shape index (κ2) is 9.49. The first-order valence-corrected chi connectivity index (χ1v) is 10.1. The highest BCUT2D eigenvalue weighted by molar-refractivity contribution is 5.91. The molecule has 5 nitrogen and oxygen atoms in total. The van der Waals surface area contributed by atoms with Crippen molar-refractivity contribution < 1.29 is 9.53 Å². The van der Waals surface area contributed by atoms with Crippen molar-refractivity contribution in [3.63, 3.8) is 0 Å². The van der Waals surface area contributed by atoms with Crippen molar-refractivity contribution in [3.05, 3.63) is 29.8 Å². The van der Waals surface area contributed by atoms with Crippen LogP contribution < -0.4 is 11.1 Å². The quantitative estimate of drug-likeness (QED) is 0.785. The maximum Gasteiger partial charge on any atom is 0.224 e. The minimum atomic E-state index is 0.0143. The van der Waals surface area contributed by atoms with Crippen LogP contribution >= 0.6 is 0 Å². The van der Waals surface area contributed by atoms with Gasteiger partial charge in [0.15, 0.2) is 0 Å². The zero-order chi connectivity index (χ0) is 18.2. The predicted molar refractivity (Wildman–Crippen MR) is 105 cm³/mol. The molecule has 1 heterocycles. The Bertz CT molecular complexity index is 561. The second-order valence-electron chi connectivity index (χ2n) is 7.89. The summed E-state index contributed by atoms with van der Waals surface area (Å²) in [6, 6.07) is 8.27. The molecule has 1 saturated heterocycles. The molecule has 0 unspecified atom stereocenters. The number of nitrogens with one attached hydrogen (secondary N) is 1. The van der Waals surface area contributed by atoms with E-state index in [1.807, 2.05) is 12.1 Å². The third kappa shape index (κ3) is 5.53. The van der Waals surface area contributed by atoms with Crippen molar-refractivity contribution in [2.24, 2.45) is 11.1 Å². The van der Waals surface area contributed by atoms with Gasteiger partial charge in [0, 0.05) is 31.7 Å². The van der Waals surface area contributed by atoms with Gasteiger partial charge in [-0.05, 0) is 48.9 Å². The summed E-state index contributed by atoms with van der Waals surface area (Å²) in [7, 11) is 0. The van der Waals surface area contributed by atoms with Crippen molar-refractivity contribution >= 4 is 11.6 Å². The van der Waals surface area contributed by atoms with Crippen molar-refractivity contribution in [1.82, 2.24) is 4.90 Å². The molecular weight excluding hydrogens is 326 g/mol. The standard InChI is InChI=1S/C21H33N3O2/c22-17-21(9-2-1-3-10-21)16-20(25)23-19-6-4-18(5-7-19)8-11-24-12-14-26-15-13-24/h4-7H,1-3,8-17,22H2,(H,23,25). The summed E-state index contributed by atoms with van der Waals surface area (Å²) in [5, 5.41) is 3.06. The van der Waals surface area contributed by atoms with Crippen molar-refractivity contribution in [2.75, 3.05) is 44.7 Å². The molecule has 0 radical (unpaired) electrons. The van der Waals surface area contributed by atoms with E-state index in [0.717, 1.165) is 57.8 Å². The summed E-state index contributed by atoms with van der Waals surface area (Å²) < 4.78 is 5.38. The van der Waals surface area contributed by atoms with Gasteiger partial charge in [-0.2, -0.15) is 0 Å². The smallest absolute Gasteiger partial charge is 0.224 e. The lowest BCUT2D eigenvalue weighted by molar-refractivity contribution is -0.118. The van der Waals surface area contributed by atoms with Crippen molar-refractivity contribution in [3.8, 4) is 0 Å². The zero-order valence-corrected chi connectivity index (χ0v) is 15.8. The number of carbonyl (C=O) groups is 1. The Morgan fingerprint density at radius 2 is 1.81 bits per heavy atom. The topological polar surface area (TPSA) is 67.6 Å². The summed E-state index contributed by atoms with van der Waals surface area (Å²) in [5.41, 5.74) is 8.21. The molecule has 0 atom stereocenters. The van der Waals surface area contributed by atoms with Gasteiger partial charge in [-0.25, -0.2) is 0 Å². The van der Waals surface area contributed by atoms with E-state index in [1.165, 1.54) is 24.8 Å². The first-order valence-electron chi connectivity index (χ1n) is 10.1. The molecule has 1 aromatic rings. The molecule has 144 valence electrons. The SMILES string of the molecule is NCC1(CC(=O)Nc2ccc(CCN3CCOCC3)cc2)CCCCC1. The van der Waals surface area contributed by atoms with E-state index in [-0.39, 0.29) is 11.3 Å². The molecule has 26 heavy (non-hydrogen) atoms. The largest absolute Gasteiger partial charge is 0.379 e. The number of ether oxygens (including phenoxy) is 1. The summed E-state index contributed by atoms with van der Waals surface area (Å²) in [6.45, 7) is 5.41. The van der Waals surface area contributed by atoms with Gasteiger partial charge < -0.3 is 15.8 Å². The highest BCUT2D eigenvalue weighted by Crippen LogP contribution is 2.38. The van der Waals surface area contributed by atoms with Crippen LogP contribution in [-0.2, 0) is 16.0 Å². The maximum atomic E-state index is 12.5. The molecule has 3 N–H and O–H groups in total. The monoisotopic (exact) mass is 359 g/mol. The van der Waals surface area contributed by atoms with Gasteiger partial charge in [-0.15, -0.1) is 0 Å². The average Bonchev–Trinajstić information content (AvgIpc) is 2.69. The Morgan fingerprint density at radius 3 is 2.46 bits per heavy atom. The van der Waals surface area contributed by atoms with E-state index in [4.69, 9.17) is 10.5 Å². The van der Waals surface area contributed by atoms with Crippen LogP contribution in [0, 0.1) is 5.41 Å². The molecule has 2 aliphatic rings. The third-order valence-electron chi connectivity index (χ3n) is 5.94. The van der Waals surface area contributed by atoms with Crippen LogP contribution in [0.5, 0.6) is 0 Å². The van der Waals surface area contributed by atoms with Crippen LogP contribution in [0.15, 0.2) is 24.3 Å². The van der Waals surface area contributed by atoms with Gasteiger partial charge >= 0.3 is 0 Å². The average molecular weight is 360 g/mol.